The summed E-state index contributed by atoms with van der Waals surface area (Å²) in [5.74, 6) is 0.969. The Kier molecular flexibility index (Phi) is 4.03. The number of carbonyl (C=O) groups is 1. The van der Waals surface area contributed by atoms with Crippen LogP contribution in [0.3, 0.4) is 0 Å². The van der Waals surface area contributed by atoms with Gasteiger partial charge in [0.05, 0.1) is 6.33 Å². The van der Waals surface area contributed by atoms with E-state index in [1.165, 1.54) is 19.4 Å². The minimum atomic E-state index is 0.0480. The summed E-state index contributed by atoms with van der Waals surface area (Å²) in [6.07, 6.45) is 6.25. The molecule has 0 unspecified atom stereocenters. The minimum absolute atomic E-state index is 0.0480. The van der Waals surface area contributed by atoms with Crippen LogP contribution >= 0.6 is 0 Å². The zero-order chi connectivity index (χ0) is 13.9. The zero-order valence-corrected chi connectivity index (χ0v) is 11.9. The highest BCUT2D eigenvalue weighted by molar-refractivity contribution is 5.92. The molecule has 6 nitrogen and oxygen atoms in total. The van der Waals surface area contributed by atoms with E-state index in [1.807, 2.05) is 9.47 Å². The van der Waals surface area contributed by atoms with E-state index in [4.69, 9.17) is 5.73 Å². The highest BCUT2D eigenvalue weighted by Crippen LogP contribution is 2.29. The van der Waals surface area contributed by atoms with Gasteiger partial charge < -0.3 is 15.2 Å². The van der Waals surface area contributed by atoms with Crippen LogP contribution in [0.1, 0.15) is 23.3 Å². The van der Waals surface area contributed by atoms with Crippen molar-refractivity contribution in [3.63, 3.8) is 0 Å². The quantitative estimate of drug-likeness (QED) is 0.823. The standard InChI is InChI=1S/C14H23N5O/c15-3-4-18-10-13(16-11-18)14(20)19-7-5-17(6-8-19)9-12-1-2-12/h10-12H,1-9,15H2. The predicted octanol–water partition coefficient (Wildman–Crippen LogP) is 0.00960. The second kappa shape index (κ2) is 5.93. The second-order valence-electron chi connectivity index (χ2n) is 5.82. The van der Waals surface area contributed by atoms with Gasteiger partial charge in [-0.2, -0.15) is 0 Å². The molecule has 1 aromatic heterocycles. The van der Waals surface area contributed by atoms with Gasteiger partial charge in [-0.05, 0) is 18.8 Å². The van der Waals surface area contributed by atoms with Crippen LogP contribution in [0.5, 0.6) is 0 Å². The molecule has 20 heavy (non-hydrogen) atoms. The van der Waals surface area contributed by atoms with E-state index < -0.39 is 0 Å². The molecule has 6 heteroatoms. The van der Waals surface area contributed by atoms with Crippen LogP contribution in [0.25, 0.3) is 0 Å². The number of amides is 1. The third-order valence-corrected chi connectivity index (χ3v) is 4.11. The van der Waals surface area contributed by atoms with Crippen LogP contribution in [0.15, 0.2) is 12.5 Å². The Hall–Kier alpha value is -1.40. The maximum Gasteiger partial charge on any atom is 0.274 e. The number of rotatable bonds is 5. The van der Waals surface area contributed by atoms with Gasteiger partial charge in [-0.1, -0.05) is 0 Å². The van der Waals surface area contributed by atoms with Crippen molar-refractivity contribution in [3.8, 4) is 0 Å². The molecular weight excluding hydrogens is 254 g/mol. The lowest BCUT2D eigenvalue weighted by Gasteiger charge is -2.34. The first-order valence-corrected chi connectivity index (χ1v) is 7.49. The molecule has 1 aliphatic heterocycles. The Morgan fingerprint density at radius 3 is 2.70 bits per heavy atom. The lowest BCUT2D eigenvalue weighted by molar-refractivity contribution is 0.0626. The molecule has 1 amide bonds. The van der Waals surface area contributed by atoms with Crippen molar-refractivity contribution in [2.45, 2.75) is 19.4 Å². The molecule has 2 fully saturated rings. The monoisotopic (exact) mass is 277 g/mol. The van der Waals surface area contributed by atoms with Crippen LogP contribution < -0.4 is 5.73 Å². The Balaban J connectivity index is 1.52. The Morgan fingerprint density at radius 1 is 1.30 bits per heavy atom. The molecule has 1 saturated heterocycles. The van der Waals surface area contributed by atoms with Gasteiger partial charge >= 0.3 is 0 Å². The zero-order valence-electron chi connectivity index (χ0n) is 11.9. The van der Waals surface area contributed by atoms with Gasteiger partial charge in [-0.15, -0.1) is 0 Å². The van der Waals surface area contributed by atoms with E-state index in [0.29, 0.717) is 18.8 Å². The van der Waals surface area contributed by atoms with Gasteiger partial charge in [0.1, 0.15) is 5.69 Å². The topological polar surface area (TPSA) is 67.4 Å². The van der Waals surface area contributed by atoms with Gasteiger partial charge in [0.2, 0.25) is 0 Å². The fraction of sp³-hybridized carbons (Fsp3) is 0.714. The van der Waals surface area contributed by atoms with Gasteiger partial charge in [0.25, 0.3) is 5.91 Å². The van der Waals surface area contributed by atoms with E-state index in [9.17, 15) is 4.79 Å². The Morgan fingerprint density at radius 2 is 2.05 bits per heavy atom. The number of nitrogens with two attached hydrogens (primary N) is 1. The average molecular weight is 277 g/mol. The Bertz CT molecular complexity index is 460. The summed E-state index contributed by atoms with van der Waals surface area (Å²) < 4.78 is 1.87. The van der Waals surface area contributed by atoms with Crippen molar-refractivity contribution in [1.82, 2.24) is 19.4 Å². The van der Waals surface area contributed by atoms with E-state index in [0.717, 1.165) is 32.1 Å². The summed E-state index contributed by atoms with van der Waals surface area (Å²) in [6.45, 7) is 6.09. The first-order chi connectivity index (χ1) is 9.76. The molecule has 2 aliphatic rings. The summed E-state index contributed by atoms with van der Waals surface area (Å²) in [5.41, 5.74) is 6.04. The molecule has 0 atom stereocenters. The summed E-state index contributed by atoms with van der Waals surface area (Å²) >= 11 is 0. The molecule has 0 spiro atoms. The maximum atomic E-state index is 12.4. The second-order valence-corrected chi connectivity index (χ2v) is 5.82. The molecule has 2 N–H and O–H groups in total. The number of nitrogens with zero attached hydrogens (tertiary/aromatic N) is 4. The van der Waals surface area contributed by atoms with Crippen LogP contribution in [0, 0.1) is 5.92 Å². The molecular formula is C14H23N5O. The maximum absolute atomic E-state index is 12.4. The molecule has 1 aliphatic carbocycles. The van der Waals surface area contributed by atoms with Gasteiger partial charge in [-0.3, -0.25) is 9.69 Å². The van der Waals surface area contributed by atoms with E-state index in [1.54, 1.807) is 12.5 Å². The molecule has 0 bridgehead atoms. The number of piperazine rings is 1. The molecule has 3 rings (SSSR count). The minimum Gasteiger partial charge on any atom is -0.335 e. The largest absolute Gasteiger partial charge is 0.335 e. The summed E-state index contributed by atoms with van der Waals surface area (Å²) in [4.78, 5) is 20.9. The molecule has 2 heterocycles. The Labute approximate surface area is 119 Å². The molecule has 110 valence electrons. The molecule has 0 aromatic carbocycles. The number of aromatic nitrogens is 2. The first kappa shape index (κ1) is 13.6. The predicted molar refractivity (Wildman–Crippen MR) is 76.3 cm³/mol. The van der Waals surface area contributed by atoms with E-state index in [-0.39, 0.29) is 5.91 Å². The lowest BCUT2D eigenvalue weighted by Crippen LogP contribution is -2.49. The van der Waals surface area contributed by atoms with Gasteiger partial charge in [0.15, 0.2) is 0 Å². The SMILES string of the molecule is NCCn1cnc(C(=O)N2CCN(CC3CC3)CC2)c1. The number of imidazole rings is 1. The van der Waals surface area contributed by atoms with E-state index >= 15 is 0 Å². The average Bonchev–Trinajstić information content (AvgIpc) is 3.15. The third-order valence-electron chi connectivity index (χ3n) is 4.11. The summed E-state index contributed by atoms with van der Waals surface area (Å²) in [5, 5.41) is 0. The van der Waals surface area contributed by atoms with Crippen LogP contribution in [-0.4, -0.2) is 64.5 Å². The fourth-order valence-electron chi connectivity index (χ4n) is 2.70. The number of hydrogen-bond donors (Lipinski definition) is 1. The fourth-order valence-corrected chi connectivity index (χ4v) is 2.70. The smallest absolute Gasteiger partial charge is 0.274 e. The van der Waals surface area contributed by atoms with Crippen molar-refractivity contribution in [3.05, 3.63) is 18.2 Å². The number of hydrogen-bond acceptors (Lipinski definition) is 4. The molecule has 1 saturated carbocycles. The van der Waals surface area contributed by atoms with Crippen molar-refractivity contribution >= 4 is 5.91 Å². The van der Waals surface area contributed by atoms with Crippen LogP contribution in [0.2, 0.25) is 0 Å². The highest BCUT2D eigenvalue weighted by Gasteiger charge is 2.28. The van der Waals surface area contributed by atoms with Crippen LogP contribution in [0.4, 0.5) is 0 Å². The van der Waals surface area contributed by atoms with Crippen molar-refractivity contribution in [2.75, 3.05) is 39.3 Å². The lowest BCUT2D eigenvalue weighted by atomic mass is 10.2. The summed E-state index contributed by atoms with van der Waals surface area (Å²) in [6, 6.07) is 0. The first-order valence-electron chi connectivity index (χ1n) is 7.49. The molecule has 0 radical (unpaired) electrons. The van der Waals surface area contributed by atoms with Crippen molar-refractivity contribution in [2.24, 2.45) is 11.7 Å². The van der Waals surface area contributed by atoms with Crippen LogP contribution in [-0.2, 0) is 6.54 Å². The van der Waals surface area contributed by atoms with E-state index in [2.05, 4.69) is 9.88 Å². The van der Waals surface area contributed by atoms with Crippen molar-refractivity contribution in [1.29, 1.82) is 0 Å². The van der Waals surface area contributed by atoms with Gasteiger partial charge in [-0.25, -0.2) is 4.98 Å². The van der Waals surface area contributed by atoms with Gasteiger partial charge in [0, 0.05) is 52.0 Å². The molecule has 1 aromatic rings. The summed E-state index contributed by atoms with van der Waals surface area (Å²) in [7, 11) is 0. The normalized spacial score (nSPS) is 20.4. The van der Waals surface area contributed by atoms with Crippen molar-refractivity contribution < 1.29 is 4.79 Å². The number of carbonyl (C=O) groups excluding carboxylic acids is 1. The third kappa shape index (κ3) is 3.19. The highest BCUT2D eigenvalue weighted by atomic mass is 16.2.